The van der Waals surface area contributed by atoms with Crippen molar-refractivity contribution in [2.24, 2.45) is 0 Å². The van der Waals surface area contributed by atoms with Gasteiger partial charge in [0.2, 0.25) is 5.79 Å². The third-order valence-electron chi connectivity index (χ3n) is 2.25. The molecule has 5 atom stereocenters. The van der Waals surface area contributed by atoms with Gasteiger partial charge in [-0.25, -0.2) is 4.39 Å². The van der Waals surface area contributed by atoms with Crippen LogP contribution in [-0.2, 0) is 4.74 Å². The first kappa shape index (κ1) is 11.8. The summed E-state index contributed by atoms with van der Waals surface area (Å²) in [6.07, 6.45) is -6.75. The summed E-state index contributed by atoms with van der Waals surface area (Å²) in [5.41, 5.74) is 0. The summed E-state index contributed by atoms with van der Waals surface area (Å²) in [5.74, 6) is -2.44. The van der Waals surface area contributed by atoms with E-state index in [4.69, 9.17) is 10.2 Å². The molecule has 7 heteroatoms. The van der Waals surface area contributed by atoms with Crippen LogP contribution in [0.1, 0.15) is 0 Å². The van der Waals surface area contributed by atoms with E-state index in [2.05, 4.69) is 4.74 Å². The lowest BCUT2D eigenvalue weighted by molar-refractivity contribution is -0.355. The van der Waals surface area contributed by atoms with Crippen LogP contribution in [0.4, 0.5) is 4.39 Å². The number of aliphatic hydroxyl groups excluding tert-OH is 4. The molecule has 1 heterocycles. The fraction of sp³-hybridized carbons (Fsp3) is 1.00. The number of halogens is 1. The third kappa shape index (κ3) is 1.74. The van der Waals surface area contributed by atoms with Crippen molar-refractivity contribution < 1.29 is 34.7 Å². The Balaban J connectivity index is 2.84. The SMILES string of the molecule is OC[C@]1(O)O[C@H](CF)[C@@H](O)[C@H](O)[C@H]1O. The second-order valence-corrected chi connectivity index (χ2v) is 3.24. The Morgan fingerprint density at radius 1 is 1.21 bits per heavy atom. The van der Waals surface area contributed by atoms with Crippen LogP contribution in [0.3, 0.4) is 0 Å². The molecular weight excluding hydrogens is 199 g/mol. The minimum absolute atomic E-state index is 1.01. The molecule has 6 nitrogen and oxygen atoms in total. The Labute approximate surface area is 79.2 Å². The molecule has 0 aliphatic carbocycles. The van der Waals surface area contributed by atoms with Crippen LogP contribution < -0.4 is 0 Å². The summed E-state index contributed by atoms with van der Waals surface area (Å²) >= 11 is 0. The van der Waals surface area contributed by atoms with E-state index in [1.54, 1.807) is 0 Å². The van der Waals surface area contributed by atoms with Gasteiger partial charge in [-0.2, -0.15) is 0 Å². The lowest BCUT2D eigenvalue weighted by atomic mass is 9.93. The number of ether oxygens (including phenoxy) is 1. The number of alkyl halides is 1. The van der Waals surface area contributed by atoms with Gasteiger partial charge in [-0.05, 0) is 0 Å². The van der Waals surface area contributed by atoms with Gasteiger partial charge in [0.05, 0.1) is 6.61 Å². The van der Waals surface area contributed by atoms with Crippen LogP contribution in [0.2, 0.25) is 0 Å². The second-order valence-electron chi connectivity index (χ2n) is 3.24. The largest absolute Gasteiger partial charge is 0.391 e. The van der Waals surface area contributed by atoms with Crippen LogP contribution in [0.15, 0.2) is 0 Å². The molecule has 0 spiro atoms. The predicted octanol–water partition coefficient (Wildman–Crippen LogP) is -2.88. The van der Waals surface area contributed by atoms with E-state index in [-0.39, 0.29) is 0 Å². The molecule has 0 amide bonds. The fourth-order valence-corrected chi connectivity index (χ4v) is 1.33. The molecule has 0 saturated carbocycles. The van der Waals surface area contributed by atoms with Crippen LogP contribution >= 0.6 is 0 Å². The van der Waals surface area contributed by atoms with E-state index >= 15 is 0 Å². The van der Waals surface area contributed by atoms with Crippen molar-refractivity contribution in [1.82, 2.24) is 0 Å². The number of hydrogen-bond donors (Lipinski definition) is 5. The average Bonchev–Trinajstić information content (AvgIpc) is 2.20. The van der Waals surface area contributed by atoms with Crippen molar-refractivity contribution in [2.75, 3.05) is 13.3 Å². The molecule has 0 aromatic carbocycles. The first-order valence-electron chi connectivity index (χ1n) is 4.07. The Hall–Kier alpha value is -0.310. The van der Waals surface area contributed by atoms with Crippen molar-refractivity contribution in [1.29, 1.82) is 0 Å². The molecule has 1 fully saturated rings. The molecule has 0 aromatic rings. The molecule has 0 radical (unpaired) electrons. The lowest BCUT2D eigenvalue weighted by Gasteiger charge is -2.44. The molecule has 14 heavy (non-hydrogen) atoms. The van der Waals surface area contributed by atoms with Crippen LogP contribution in [0, 0.1) is 0 Å². The highest BCUT2D eigenvalue weighted by molar-refractivity contribution is 4.95. The van der Waals surface area contributed by atoms with E-state index in [1.165, 1.54) is 0 Å². The van der Waals surface area contributed by atoms with Gasteiger partial charge < -0.3 is 30.3 Å². The second kappa shape index (κ2) is 4.05. The molecule has 5 N–H and O–H groups in total. The van der Waals surface area contributed by atoms with Crippen molar-refractivity contribution in [2.45, 2.75) is 30.2 Å². The van der Waals surface area contributed by atoms with Crippen molar-refractivity contribution in [3.8, 4) is 0 Å². The van der Waals surface area contributed by atoms with Gasteiger partial charge in [-0.15, -0.1) is 0 Å². The van der Waals surface area contributed by atoms with E-state index < -0.39 is 43.5 Å². The van der Waals surface area contributed by atoms with Gasteiger partial charge in [0.1, 0.15) is 31.1 Å². The summed E-state index contributed by atoms with van der Waals surface area (Å²) in [4.78, 5) is 0. The summed E-state index contributed by atoms with van der Waals surface area (Å²) < 4.78 is 16.8. The fourth-order valence-electron chi connectivity index (χ4n) is 1.33. The highest BCUT2D eigenvalue weighted by Crippen LogP contribution is 2.27. The van der Waals surface area contributed by atoms with E-state index in [0.717, 1.165) is 0 Å². The molecule has 1 rings (SSSR count). The first-order valence-corrected chi connectivity index (χ1v) is 4.07. The van der Waals surface area contributed by atoms with Crippen LogP contribution in [0.25, 0.3) is 0 Å². The zero-order chi connectivity index (χ0) is 10.9. The number of hydrogen-bond acceptors (Lipinski definition) is 6. The standard InChI is InChI=1S/C7H13FO6/c8-1-3-4(10)5(11)6(12)7(13,2-9)14-3/h3-6,9-13H,1-2H2/t3-,4-,5+,6-,7+/m1/s1. The summed E-state index contributed by atoms with van der Waals surface area (Å²) in [7, 11) is 0. The maximum atomic E-state index is 12.2. The summed E-state index contributed by atoms with van der Waals surface area (Å²) in [5, 5.41) is 45.6. The smallest absolute Gasteiger partial charge is 0.219 e. The highest BCUT2D eigenvalue weighted by atomic mass is 19.1. The minimum Gasteiger partial charge on any atom is -0.391 e. The summed E-state index contributed by atoms with van der Waals surface area (Å²) in [6, 6.07) is 0. The van der Waals surface area contributed by atoms with Crippen LogP contribution in [0.5, 0.6) is 0 Å². The molecule has 0 unspecified atom stereocenters. The van der Waals surface area contributed by atoms with Gasteiger partial charge in [0, 0.05) is 0 Å². The molecule has 1 aliphatic rings. The van der Waals surface area contributed by atoms with Crippen LogP contribution in [-0.4, -0.2) is 69.0 Å². The van der Waals surface area contributed by atoms with Gasteiger partial charge >= 0.3 is 0 Å². The van der Waals surface area contributed by atoms with Gasteiger partial charge in [0.15, 0.2) is 0 Å². The number of rotatable bonds is 2. The monoisotopic (exact) mass is 212 g/mol. The zero-order valence-electron chi connectivity index (χ0n) is 7.25. The van der Waals surface area contributed by atoms with Gasteiger partial charge in [0.25, 0.3) is 0 Å². The molecule has 1 saturated heterocycles. The van der Waals surface area contributed by atoms with E-state index in [9.17, 15) is 19.7 Å². The Kier molecular flexibility index (Phi) is 3.40. The molecule has 84 valence electrons. The normalized spacial score (nSPS) is 49.3. The maximum Gasteiger partial charge on any atom is 0.219 e. The lowest BCUT2D eigenvalue weighted by Crippen LogP contribution is -2.66. The molecular formula is C7H13FO6. The van der Waals surface area contributed by atoms with Crippen molar-refractivity contribution >= 4 is 0 Å². The van der Waals surface area contributed by atoms with E-state index in [0.29, 0.717) is 0 Å². The quantitative estimate of drug-likeness (QED) is 0.336. The van der Waals surface area contributed by atoms with Crippen molar-refractivity contribution in [3.05, 3.63) is 0 Å². The topological polar surface area (TPSA) is 110 Å². The van der Waals surface area contributed by atoms with Crippen molar-refractivity contribution in [3.63, 3.8) is 0 Å². The molecule has 0 bridgehead atoms. The zero-order valence-corrected chi connectivity index (χ0v) is 7.25. The highest BCUT2D eigenvalue weighted by Gasteiger charge is 2.52. The Morgan fingerprint density at radius 2 is 1.79 bits per heavy atom. The van der Waals surface area contributed by atoms with Gasteiger partial charge in [-0.3, -0.25) is 0 Å². The average molecular weight is 212 g/mol. The predicted molar refractivity (Wildman–Crippen MR) is 40.9 cm³/mol. The minimum atomic E-state index is -2.44. The first-order chi connectivity index (χ1) is 6.46. The molecule has 0 aromatic heterocycles. The number of aliphatic hydroxyl groups is 5. The summed E-state index contributed by atoms with van der Waals surface area (Å²) in [6.45, 7) is -2.15. The Morgan fingerprint density at radius 3 is 2.21 bits per heavy atom. The van der Waals surface area contributed by atoms with E-state index in [1.807, 2.05) is 0 Å². The molecule has 1 aliphatic heterocycles. The maximum absolute atomic E-state index is 12.2. The third-order valence-corrected chi connectivity index (χ3v) is 2.25. The van der Waals surface area contributed by atoms with Gasteiger partial charge in [-0.1, -0.05) is 0 Å². The Bertz CT molecular complexity index is 201.